The van der Waals surface area contributed by atoms with Crippen LogP contribution in [0.3, 0.4) is 0 Å². The van der Waals surface area contributed by atoms with Crippen LogP contribution >= 0.6 is 11.6 Å². The molecule has 1 rings (SSSR count). The molecule has 0 saturated carbocycles. The lowest BCUT2D eigenvalue weighted by molar-refractivity contribution is 0.280. The fourth-order valence-corrected chi connectivity index (χ4v) is 3.30. The van der Waals surface area contributed by atoms with Crippen molar-refractivity contribution >= 4 is 21.6 Å². The number of rotatable bonds is 6. The summed E-state index contributed by atoms with van der Waals surface area (Å²) in [6, 6.07) is 2.98. The zero-order valence-electron chi connectivity index (χ0n) is 10.5. The first kappa shape index (κ1) is 15.4. The molecule has 0 spiro atoms. The van der Waals surface area contributed by atoms with Crippen molar-refractivity contribution in [1.29, 1.82) is 0 Å². The second kappa shape index (κ2) is 6.52. The van der Waals surface area contributed by atoms with Crippen molar-refractivity contribution in [2.45, 2.75) is 38.2 Å². The Morgan fingerprint density at radius 2 is 2.06 bits per heavy atom. The average molecular weight is 292 g/mol. The highest BCUT2D eigenvalue weighted by Gasteiger charge is 2.18. The third kappa shape index (κ3) is 3.68. The first-order chi connectivity index (χ1) is 8.42. The third-order valence-corrected chi connectivity index (χ3v) is 4.52. The molecule has 1 aromatic carbocycles. The number of hydrogen-bond acceptors (Lipinski definition) is 3. The predicted octanol–water partition coefficient (Wildman–Crippen LogP) is 2.22. The van der Waals surface area contributed by atoms with Crippen LogP contribution in [0.15, 0.2) is 17.0 Å². The molecule has 6 heteroatoms. The van der Waals surface area contributed by atoms with E-state index in [2.05, 4.69) is 4.72 Å². The first-order valence-electron chi connectivity index (χ1n) is 5.82. The zero-order chi connectivity index (χ0) is 13.8. The largest absolute Gasteiger partial charge is 0.392 e. The van der Waals surface area contributed by atoms with Gasteiger partial charge in [-0.05, 0) is 36.6 Å². The van der Waals surface area contributed by atoms with Crippen molar-refractivity contribution in [2.24, 2.45) is 0 Å². The molecule has 0 fully saturated rings. The molecule has 1 aromatic rings. The van der Waals surface area contributed by atoms with Crippen molar-refractivity contribution in [3.63, 3.8) is 0 Å². The Morgan fingerprint density at radius 3 is 2.61 bits per heavy atom. The van der Waals surface area contributed by atoms with Crippen LogP contribution in [-0.4, -0.2) is 20.1 Å². The Morgan fingerprint density at radius 1 is 1.39 bits per heavy atom. The number of aliphatic hydroxyl groups excluding tert-OH is 1. The molecule has 0 aromatic heterocycles. The van der Waals surface area contributed by atoms with Gasteiger partial charge < -0.3 is 5.11 Å². The van der Waals surface area contributed by atoms with Crippen molar-refractivity contribution in [3.05, 3.63) is 28.3 Å². The van der Waals surface area contributed by atoms with Crippen LogP contribution in [0.4, 0.5) is 0 Å². The number of unbranched alkanes of at least 4 members (excludes halogenated alkanes) is 1. The van der Waals surface area contributed by atoms with E-state index in [1.54, 1.807) is 13.0 Å². The highest BCUT2D eigenvalue weighted by atomic mass is 35.5. The number of nitrogens with one attached hydrogen (secondary N) is 1. The summed E-state index contributed by atoms with van der Waals surface area (Å²) >= 11 is 5.86. The van der Waals surface area contributed by atoms with Crippen LogP contribution in [0.5, 0.6) is 0 Å². The summed E-state index contributed by atoms with van der Waals surface area (Å²) in [6.45, 7) is 3.82. The lowest BCUT2D eigenvalue weighted by atomic mass is 10.1. The molecule has 4 nitrogen and oxygen atoms in total. The van der Waals surface area contributed by atoms with Gasteiger partial charge in [0.1, 0.15) is 0 Å². The monoisotopic (exact) mass is 291 g/mol. The van der Waals surface area contributed by atoms with Crippen LogP contribution in [0.1, 0.15) is 30.9 Å². The van der Waals surface area contributed by atoms with Gasteiger partial charge in [-0.3, -0.25) is 0 Å². The fourth-order valence-electron chi connectivity index (χ4n) is 1.61. The Labute approximate surface area is 113 Å². The van der Waals surface area contributed by atoms with E-state index in [0.717, 1.165) is 12.8 Å². The molecule has 2 N–H and O–H groups in total. The summed E-state index contributed by atoms with van der Waals surface area (Å²) in [5.74, 6) is 0. The fraction of sp³-hybridized carbons (Fsp3) is 0.500. The molecular formula is C12H18ClNO3S. The van der Waals surface area contributed by atoms with Gasteiger partial charge in [0.2, 0.25) is 10.0 Å². The number of halogens is 1. The number of benzene rings is 1. The highest BCUT2D eigenvalue weighted by molar-refractivity contribution is 7.89. The van der Waals surface area contributed by atoms with Crippen molar-refractivity contribution in [1.82, 2.24) is 4.72 Å². The Bertz CT molecular complexity index is 514. The predicted molar refractivity (Wildman–Crippen MR) is 72.2 cm³/mol. The quantitative estimate of drug-likeness (QED) is 0.790. The highest BCUT2D eigenvalue weighted by Crippen LogP contribution is 2.24. The van der Waals surface area contributed by atoms with Gasteiger partial charge in [0.05, 0.1) is 11.5 Å². The molecule has 0 aliphatic carbocycles. The molecule has 0 aliphatic heterocycles. The van der Waals surface area contributed by atoms with Gasteiger partial charge in [0.25, 0.3) is 0 Å². The Kier molecular flexibility index (Phi) is 5.59. The molecule has 102 valence electrons. The maximum Gasteiger partial charge on any atom is 0.240 e. The second-order valence-electron chi connectivity index (χ2n) is 4.10. The molecule has 0 atom stereocenters. The normalized spacial score (nSPS) is 11.8. The summed E-state index contributed by atoms with van der Waals surface area (Å²) in [4.78, 5) is 0.134. The van der Waals surface area contributed by atoms with Gasteiger partial charge in [0, 0.05) is 11.6 Å². The van der Waals surface area contributed by atoms with Crippen LogP contribution in [0.25, 0.3) is 0 Å². The SMILES string of the molecule is CCCCNS(=O)(=O)c1cc(Cl)cc(CO)c1C. The van der Waals surface area contributed by atoms with Crippen LogP contribution in [0, 0.1) is 6.92 Å². The van der Waals surface area contributed by atoms with Gasteiger partial charge >= 0.3 is 0 Å². The minimum Gasteiger partial charge on any atom is -0.392 e. The van der Waals surface area contributed by atoms with Crippen molar-refractivity contribution in [2.75, 3.05) is 6.54 Å². The molecule has 0 heterocycles. The van der Waals surface area contributed by atoms with Crippen molar-refractivity contribution < 1.29 is 13.5 Å². The Balaban J connectivity index is 3.12. The van der Waals surface area contributed by atoms with Crippen LogP contribution in [-0.2, 0) is 16.6 Å². The number of sulfonamides is 1. The topological polar surface area (TPSA) is 66.4 Å². The van der Waals surface area contributed by atoms with Crippen LogP contribution < -0.4 is 4.72 Å². The molecule has 0 saturated heterocycles. The van der Waals surface area contributed by atoms with Crippen LogP contribution in [0.2, 0.25) is 5.02 Å². The standard InChI is InChI=1S/C12H18ClNO3S/c1-3-4-5-14-18(16,17)12-7-11(13)6-10(8-15)9(12)2/h6-7,14-15H,3-5,8H2,1-2H3. The van der Waals surface area contributed by atoms with Gasteiger partial charge in [-0.15, -0.1) is 0 Å². The summed E-state index contributed by atoms with van der Waals surface area (Å²) < 4.78 is 26.7. The van der Waals surface area contributed by atoms with Gasteiger partial charge in [-0.1, -0.05) is 24.9 Å². The van der Waals surface area contributed by atoms with E-state index < -0.39 is 10.0 Å². The molecule has 0 radical (unpaired) electrons. The maximum atomic E-state index is 12.1. The molecule has 0 amide bonds. The third-order valence-electron chi connectivity index (χ3n) is 2.71. The molecule has 0 aliphatic rings. The summed E-state index contributed by atoms with van der Waals surface area (Å²) in [5, 5.41) is 9.48. The summed E-state index contributed by atoms with van der Waals surface area (Å²) in [7, 11) is -3.56. The Hall–Kier alpha value is -0.620. The second-order valence-corrected chi connectivity index (χ2v) is 6.27. The van der Waals surface area contributed by atoms with E-state index in [9.17, 15) is 13.5 Å². The molecular weight excluding hydrogens is 274 g/mol. The molecule has 0 bridgehead atoms. The first-order valence-corrected chi connectivity index (χ1v) is 7.68. The van der Waals surface area contributed by atoms with E-state index in [4.69, 9.17) is 11.6 Å². The molecule has 18 heavy (non-hydrogen) atoms. The summed E-state index contributed by atoms with van der Waals surface area (Å²) in [6.07, 6.45) is 1.70. The minimum atomic E-state index is -3.56. The van der Waals surface area contributed by atoms with E-state index in [1.807, 2.05) is 6.92 Å². The van der Waals surface area contributed by atoms with Gasteiger partial charge in [-0.2, -0.15) is 0 Å². The van der Waals surface area contributed by atoms with Crippen molar-refractivity contribution in [3.8, 4) is 0 Å². The maximum absolute atomic E-state index is 12.1. The lowest BCUT2D eigenvalue weighted by Gasteiger charge is -2.12. The van der Waals surface area contributed by atoms with E-state index >= 15 is 0 Å². The average Bonchev–Trinajstić information content (AvgIpc) is 2.31. The van der Waals surface area contributed by atoms with E-state index in [1.165, 1.54) is 6.07 Å². The zero-order valence-corrected chi connectivity index (χ0v) is 12.1. The van der Waals surface area contributed by atoms with Gasteiger partial charge in [-0.25, -0.2) is 13.1 Å². The number of hydrogen-bond donors (Lipinski definition) is 2. The smallest absolute Gasteiger partial charge is 0.240 e. The molecule has 0 unspecified atom stereocenters. The summed E-state index contributed by atoms with van der Waals surface area (Å²) in [5.41, 5.74) is 1.06. The van der Waals surface area contributed by atoms with E-state index in [-0.39, 0.29) is 11.5 Å². The number of aliphatic hydroxyl groups is 1. The minimum absolute atomic E-state index is 0.134. The van der Waals surface area contributed by atoms with E-state index in [0.29, 0.717) is 22.7 Å². The van der Waals surface area contributed by atoms with Gasteiger partial charge in [0.15, 0.2) is 0 Å². The lowest BCUT2D eigenvalue weighted by Crippen LogP contribution is -2.25.